The Morgan fingerprint density at radius 3 is 2.28 bits per heavy atom. The van der Waals surface area contributed by atoms with Crippen molar-refractivity contribution in [3.63, 3.8) is 0 Å². The molecule has 184 valence electrons. The number of benzene rings is 3. The molecule has 4 N–H and O–H groups in total. The summed E-state index contributed by atoms with van der Waals surface area (Å²) in [5.41, 5.74) is 9.90. The van der Waals surface area contributed by atoms with E-state index in [9.17, 15) is 9.59 Å². The van der Waals surface area contributed by atoms with Gasteiger partial charge in [0.15, 0.2) is 11.5 Å². The molecule has 0 heterocycles. The van der Waals surface area contributed by atoms with Crippen LogP contribution in [0.3, 0.4) is 0 Å². The van der Waals surface area contributed by atoms with Gasteiger partial charge in [0.05, 0.1) is 25.6 Å². The number of carbonyl (C=O) groups is 2. The first-order valence-corrected chi connectivity index (χ1v) is 11.7. The van der Waals surface area contributed by atoms with Gasteiger partial charge in [-0.05, 0) is 65.9 Å². The molecule has 1 aliphatic rings. The Hall–Kier alpha value is -4.52. The molecule has 0 spiro atoms. The molecule has 1 aliphatic carbocycles. The van der Waals surface area contributed by atoms with E-state index in [1.807, 2.05) is 48.5 Å². The average Bonchev–Trinajstić information content (AvgIpc) is 3.71. The van der Waals surface area contributed by atoms with Gasteiger partial charge >= 0.3 is 0 Å². The quantitative estimate of drug-likeness (QED) is 0.231. The van der Waals surface area contributed by atoms with Crippen LogP contribution in [0.15, 0.2) is 72.8 Å². The van der Waals surface area contributed by atoms with E-state index >= 15 is 0 Å². The van der Waals surface area contributed by atoms with Crippen molar-refractivity contribution in [1.29, 1.82) is 0 Å². The lowest BCUT2D eigenvalue weighted by Gasteiger charge is -2.13. The molecule has 7 heteroatoms. The van der Waals surface area contributed by atoms with E-state index in [4.69, 9.17) is 15.2 Å². The standard InChI is InChI=1S/C29H29N3O4/c1-35-26-15-12-21(18-27(26)36-2)23(29(34)31-22-13-14-22)17-20-9-7-19(8-10-20)11-16-28(33)32-25-6-4-3-5-24(25)30/h3-12,15-18,22H,13-14,30H2,1-2H3,(H,31,34)(H,32,33)/b16-11+,23-17?. The van der Waals surface area contributed by atoms with Gasteiger partial charge in [0.2, 0.25) is 5.91 Å². The molecule has 0 bridgehead atoms. The second-order valence-electron chi connectivity index (χ2n) is 8.45. The Morgan fingerprint density at radius 2 is 1.61 bits per heavy atom. The molecule has 0 unspecified atom stereocenters. The fraction of sp³-hybridized carbons (Fsp3) is 0.172. The molecule has 3 aromatic carbocycles. The molecule has 1 saturated carbocycles. The van der Waals surface area contributed by atoms with E-state index in [0.717, 1.165) is 29.5 Å². The van der Waals surface area contributed by atoms with Crippen LogP contribution in [0.4, 0.5) is 11.4 Å². The van der Waals surface area contributed by atoms with Crippen LogP contribution in [0.5, 0.6) is 11.5 Å². The third-order valence-corrected chi connectivity index (χ3v) is 5.75. The summed E-state index contributed by atoms with van der Waals surface area (Å²) >= 11 is 0. The number of hydrogen-bond donors (Lipinski definition) is 3. The Morgan fingerprint density at radius 1 is 0.917 bits per heavy atom. The SMILES string of the molecule is COc1ccc(C(=Cc2ccc(/C=C/C(=O)Nc3ccccc3N)cc2)C(=O)NC2CC2)cc1OC. The lowest BCUT2D eigenvalue weighted by atomic mass is 10.0. The van der Waals surface area contributed by atoms with Crippen LogP contribution in [-0.2, 0) is 9.59 Å². The Labute approximate surface area is 210 Å². The van der Waals surface area contributed by atoms with E-state index in [2.05, 4.69) is 10.6 Å². The number of anilines is 2. The normalized spacial score (nSPS) is 13.3. The van der Waals surface area contributed by atoms with Crippen molar-refractivity contribution in [3.8, 4) is 11.5 Å². The smallest absolute Gasteiger partial charge is 0.252 e. The first-order chi connectivity index (χ1) is 17.5. The van der Waals surface area contributed by atoms with Crippen LogP contribution in [0.1, 0.15) is 29.5 Å². The first kappa shape index (κ1) is 24.6. The number of rotatable bonds is 9. The van der Waals surface area contributed by atoms with E-state index in [1.54, 1.807) is 44.6 Å². The first-order valence-electron chi connectivity index (χ1n) is 11.7. The molecule has 0 radical (unpaired) electrons. The second kappa shape index (κ2) is 11.3. The van der Waals surface area contributed by atoms with Crippen LogP contribution in [0.2, 0.25) is 0 Å². The van der Waals surface area contributed by atoms with Crippen molar-refractivity contribution < 1.29 is 19.1 Å². The summed E-state index contributed by atoms with van der Waals surface area (Å²) in [6.07, 6.45) is 7.01. The zero-order chi connectivity index (χ0) is 25.5. The fourth-order valence-corrected chi connectivity index (χ4v) is 3.60. The predicted octanol–water partition coefficient (Wildman–Crippen LogP) is 4.76. The molecule has 2 amide bonds. The van der Waals surface area contributed by atoms with Gasteiger partial charge in [-0.1, -0.05) is 42.5 Å². The zero-order valence-electron chi connectivity index (χ0n) is 20.3. The van der Waals surface area contributed by atoms with E-state index in [0.29, 0.717) is 28.4 Å². The number of para-hydroxylation sites is 2. The number of carbonyl (C=O) groups excluding carboxylic acids is 2. The third-order valence-electron chi connectivity index (χ3n) is 5.75. The Bertz CT molecular complexity index is 1310. The molecule has 7 nitrogen and oxygen atoms in total. The minimum atomic E-state index is -0.274. The fourth-order valence-electron chi connectivity index (χ4n) is 3.60. The second-order valence-corrected chi connectivity index (χ2v) is 8.45. The number of hydrogen-bond acceptors (Lipinski definition) is 5. The highest BCUT2D eigenvalue weighted by molar-refractivity contribution is 6.24. The minimum absolute atomic E-state index is 0.134. The van der Waals surface area contributed by atoms with Crippen LogP contribution in [0.25, 0.3) is 17.7 Å². The van der Waals surface area contributed by atoms with Crippen molar-refractivity contribution in [2.45, 2.75) is 18.9 Å². The molecular weight excluding hydrogens is 454 g/mol. The molecule has 0 aliphatic heterocycles. The number of nitrogens with one attached hydrogen (secondary N) is 2. The van der Waals surface area contributed by atoms with Gasteiger partial charge in [-0.25, -0.2) is 0 Å². The topological polar surface area (TPSA) is 103 Å². The maximum Gasteiger partial charge on any atom is 0.252 e. The van der Waals surface area contributed by atoms with Crippen molar-refractivity contribution in [2.24, 2.45) is 0 Å². The minimum Gasteiger partial charge on any atom is -0.493 e. The molecule has 0 aromatic heterocycles. The monoisotopic (exact) mass is 483 g/mol. The average molecular weight is 484 g/mol. The highest BCUT2D eigenvalue weighted by atomic mass is 16.5. The van der Waals surface area contributed by atoms with Gasteiger partial charge in [-0.15, -0.1) is 0 Å². The van der Waals surface area contributed by atoms with Gasteiger partial charge < -0.3 is 25.8 Å². The largest absolute Gasteiger partial charge is 0.493 e. The van der Waals surface area contributed by atoms with Crippen LogP contribution < -0.4 is 25.8 Å². The maximum atomic E-state index is 13.1. The summed E-state index contributed by atoms with van der Waals surface area (Å²) in [6, 6.07) is 20.3. The number of nitrogen functional groups attached to an aromatic ring is 1. The van der Waals surface area contributed by atoms with Gasteiger partial charge in [0.1, 0.15) is 0 Å². The summed E-state index contributed by atoms with van der Waals surface area (Å²) in [5, 5.41) is 5.83. The maximum absolute atomic E-state index is 13.1. The number of amides is 2. The molecular formula is C29H29N3O4. The third kappa shape index (κ3) is 6.33. The van der Waals surface area contributed by atoms with E-state index in [-0.39, 0.29) is 17.9 Å². The van der Waals surface area contributed by atoms with E-state index < -0.39 is 0 Å². The summed E-state index contributed by atoms with van der Waals surface area (Å²) in [6.45, 7) is 0. The molecule has 3 aromatic rings. The lowest BCUT2D eigenvalue weighted by molar-refractivity contribution is -0.115. The molecule has 36 heavy (non-hydrogen) atoms. The summed E-state index contributed by atoms with van der Waals surface area (Å²) in [5.74, 6) is 0.740. The van der Waals surface area contributed by atoms with E-state index in [1.165, 1.54) is 6.08 Å². The summed E-state index contributed by atoms with van der Waals surface area (Å²) in [4.78, 5) is 25.3. The number of nitrogens with two attached hydrogens (primary N) is 1. The lowest BCUT2D eigenvalue weighted by Crippen LogP contribution is -2.26. The van der Waals surface area contributed by atoms with Crippen LogP contribution >= 0.6 is 0 Å². The molecule has 1 fully saturated rings. The summed E-state index contributed by atoms with van der Waals surface area (Å²) < 4.78 is 10.8. The number of ether oxygens (including phenoxy) is 2. The predicted molar refractivity (Wildman–Crippen MR) is 144 cm³/mol. The summed E-state index contributed by atoms with van der Waals surface area (Å²) in [7, 11) is 3.14. The molecule has 4 rings (SSSR count). The molecule has 0 atom stereocenters. The van der Waals surface area contributed by atoms with Crippen molar-refractivity contribution in [3.05, 3.63) is 89.5 Å². The van der Waals surface area contributed by atoms with Crippen LogP contribution in [-0.4, -0.2) is 32.1 Å². The van der Waals surface area contributed by atoms with Gasteiger partial charge in [0, 0.05) is 17.7 Å². The van der Waals surface area contributed by atoms with Crippen LogP contribution in [0, 0.1) is 0 Å². The van der Waals surface area contributed by atoms with Gasteiger partial charge in [0.25, 0.3) is 5.91 Å². The molecule has 0 saturated heterocycles. The highest BCUT2D eigenvalue weighted by Crippen LogP contribution is 2.32. The Kier molecular flexibility index (Phi) is 7.70. The van der Waals surface area contributed by atoms with Gasteiger partial charge in [-0.3, -0.25) is 9.59 Å². The Balaban J connectivity index is 1.53. The van der Waals surface area contributed by atoms with Crippen molar-refractivity contribution in [1.82, 2.24) is 5.32 Å². The number of methoxy groups -OCH3 is 2. The van der Waals surface area contributed by atoms with Crippen molar-refractivity contribution >= 4 is 40.9 Å². The van der Waals surface area contributed by atoms with Crippen molar-refractivity contribution in [2.75, 3.05) is 25.3 Å². The van der Waals surface area contributed by atoms with Gasteiger partial charge in [-0.2, -0.15) is 0 Å². The zero-order valence-corrected chi connectivity index (χ0v) is 20.3. The highest BCUT2D eigenvalue weighted by Gasteiger charge is 2.25.